The van der Waals surface area contributed by atoms with Gasteiger partial charge in [0.15, 0.2) is 5.76 Å². The van der Waals surface area contributed by atoms with Gasteiger partial charge in [-0.15, -0.1) is 0 Å². The molecule has 8 nitrogen and oxygen atoms in total. The number of benzene rings is 2. The molecule has 0 bridgehead atoms. The van der Waals surface area contributed by atoms with Crippen LogP contribution in [-0.2, 0) is 11.4 Å². The second-order valence-corrected chi connectivity index (χ2v) is 5.80. The zero-order chi connectivity index (χ0) is 20.5. The summed E-state index contributed by atoms with van der Waals surface area (Å²) >= 11 is 0. The number of carboxylic acid groups (broad SMARTS) is 1. The van der Waals surface area contributed by atoms with E-state index in [1.54, 1.807) is 30.3 Å². The summed E-state index contributed by atoms with van der Waals surface area (Å²) in [7, 11) is 0. The van der Waals surface area contributed by atoms with Crippen molar-refractivity contribution in [1.29, 1.82) is 0 Å². The van der Waals surface area contributed by atoms with Crippen molar-refractivity contribution in [2.24, 2.45) is 5.10 Å². The molecule has 148 valence electrons. The molecule has 0 atom stereocenters. The first-order chi connectivity index (χ1) is 14.1. The van der Waals surface area contributed by atoms with Crippen molar-refractivity contribution in [3.8, 4) is 11.5 Å². The molecule has 3 aromatic rings. The first kappa shape index (κ1) is 19.7. The summed E-state index contributed by atoms with van der Waals surface area (Å²) in [4.78, 5) is 22.4. The molecule has 0 saturated heterocycles. The molecule has 0 radical (unpaired) electrons. The lowest BCUT2D eigenvalue weighted by molar-refractivity contribution is -0.307. The van der Waals surface area contributed by atoms with Gasteiger partial charge in [0.25, 0.3) is 0 Å². The van der Waals surface area contributed by atoms with Crippen molar-refractivity contribution < 1.29 is 28.6 Å². The highest BCUT2D eigenvalue weighted by molar-refractivity contribution is 5.92. The van der Waals surface area contributed by atoms with Crippen LogP contribution in [0, 0.1) is 0 Å². The topological polar surface area (TPSA) is 113 Å². The van der Waals surface area contributed by atoms with E-state index in [-0.39, 0.29) is 12.4 Å². The Labute approximate surface area is 166 Å². The molecule has 1 aromatic heterocycles. The predicted octanol–water partition coefficient (Wildman–Crippen LogP) is 1.75. The predicted molar refractivity (Wildman–Crippen MR) is 101 cm³/mol. The summed E-state index contributed by atoms with van der Waals surface area (Å²) < 4.78 is 16.0. The molecule has 2 aromatic carbocycles. The van der Waals surface area contributed by atoms with E-state index in [4.69, 9.17) is 13.9 Å². The molecular formula is C21H17N2O6-. The van der Waals surface area contributed by atoms with Crippen molar-refractivity contribution in [3.63, 3.8) is 0 Å². The van der Waals surface area contributed by atoms with Crippen molar-refractivity contribution in [3.05, 3.63) is 83.8 Å². The molecule has 0 aliphatic rings. The van der Waals surface area contributed by atoms with E-state index in [0.29, 0.717) is 22.8 Å². The molecule has 1 heterocycles. The number of carboxylic acids is 1. The van der Waals surface area contributed by atoms with Gasteiger partial charge in [-0.2, -0.15) is 5.10 Å². The van der Waals surface area contributed by atoms with Crippen LogP contribution in [0.4, 0.5) is 0 Å². The van der Waals surface area contributed by atoms with E-state index in [0.717, 1.165) is 0 Å². The third kappa shape index (κ3) is 6.24. The van der Waals surface area contributed by atoms with Crippen molar-refractivity contribution >= 4 is 18.1 Å². The van der Waals surface area contributed by atoms with Gasteiger partial charge in [0.1, 0.15) is 30.5 Å². The largest absolute Gasteiger partial charge is 0.546 e. The summed E-state index contributed by atoms with van der Waals surface area (Å²) in [5.74, 6) is -0.0890. The maximum absolute atomic E-state index is 12.1. The number of hydrogen-bond acceptors (Lipinski definition) is 7. The molecule has 0 aliphatic carbocycles. The van der Waals surface area contributed by atoms with Crippen LogP contribution in [0.2, 0.25) is 0 Å². The number of nitrogens with zero attached hydrogens (tertiary/aromatic N) is 1. The molecular weight excluding hydrogens is 376 g/mol. The number of furan rings is 1. The number of para-hydroxylation sites is 1. The Hall–Kier alpha value is -4.07. The Balaban J connectivity index is 1.47. The van der Waals surface area contributed by atoms with Crippen LogP contribution < -0.4 is 20.0 Å². The molecule has 1 amide bonds. The molecule has 0 unspecified atom stereocenters. The molecule has 0 spiro atoms. The van der Waals surface area contributed by atoms with Gasteiger partial charge >= 0.3 is 5.91 Å². The lowest BCUT2D eigenvalue weighted by Gasteiger charge is -2.06. The minimum atomic E-state index is -1.30. The number of nitrogens with one attached hydrogen (secondary N) is 1. The van der Waals surface area contributed by atoms with Crippen LogP contribution in [0.1, 0.15) is 21.9 Å². The quantitative estimate of drug-likeness (QED) is 0.438. The van der Waals surface area contributed by atoms with Gasteiger partial charge in [-0.1, -0.05) is 18.2 Å². The molecule has 0 fully saturated rings. The average molecular weight is 393 g/mol. The maximum atomic E-state index is 12.1. The Kier molecular flexibility index (Phi) is 6.62. The Morgan fingerprint density at radius 1 is 0.966 bits per heavy atom. The first-order valence-corrected chi connectivity index (χ1v) is 8.63. The summed E-state index contributed by atoms with van der Waals surface area (Å²) in [6.45, 7) is -0.321. The van der Waals surface area contributed by atoms with Gasteiger partial charge < -0.3 is 23.8 Å². The standard InChI is InChI=1S/C21H18N2O6/c24-20(25)14-28-17-8-6-15(7-9-17)12-22-23-21(26)19-11-10-18(29-19)13-27-16-4-2-1-3-5-16/h1-12H,13-14H2,(H,23,26)(H,24,25)/p-1/b22-12-. The van der Waals surface area contributed by atoms with Crippen molar-refractivity contribution in [1.82, 2.24) is 5.43 Å². The number of hydrogen-bond donors (Lipinski definition) is 1. The lowest BCUT2D eigenvalue weighted by atomic mass is 10.2. The first-order valence-electron chi connectivity index (χ1n) is 8.63. The fourth-order valence-corrected chi connectivity index (χ4v) is 2.26. The average Bonchev–Trinajstić information content (AvgIpc) is 3.21. The van der Waals surface area contributed by atoms with Gasteiger partial charge in [0, 0.05) is 0 Å². The minimum Gasteiger partial charge on any atom is -0.546 e. The lowest BCUT2D eigenvalue weighted by Crippen LogP contribution is -2.28. The Bertz CT molecular complexity index is 980. The Morgan fingerprint density at radius 2 is 1.69 bits per heavy atom. The van der Waals surface area contributed by atoms with Crippen LogP contribution >= 0.6 is 0 Å². The number of carbonyl (C=O) groups excluding carboxylic acids is 2. The fraction of sp³-hybridized carbons (Fsp3) is 0.0952. The van der Waals surface area contributed by atoms with Gasteiger partial charge in [0.2, 0.25) is 0 Å². The number of aliphatic carboxylic acids is 1. The van der Waals surface area contributed by atoms with E-state index in [2.05, 4.69) is 10.5 Å². The Morgan fingerprint density at radius 3 is 2.41 bits per heavy atom. The maximum Gasteiger partial charge on any atom is 0.307 e. The molecule has 8 heteroatoms. The molecule has 3 rings (SSSR count). The molecule has 0 saturated carbocycles. The molecule has 1 N–H and O–H groups in total. The monoisotopic (exact) mass is 393 g/mol. The third-order valence-electron chi connectivity index (χ3n) is 3.63. The smallest absolute Gasteiger partial charge is 0.307 e. The SMILES string of the molecule is O=C([O-])COc1ccc(/C=N\NC(=O)c2ccc(COc3ccccc3)o2)cc1. The third-order valence-corrected chi connectivity index (χ3v) is 3.63. The van der Waals surface area contributed by atoms with Crippen molar-refractivity contribution in [2.75, 3.05) is 6.61 Å². The fourth-order valence-electron chi connectivity index (χ4n) is 2.26. The van der Waals surface area contributed by atoms with Crippen molar-refractivity contribution in [2.45, 2.75) is 6.61 Å². The van der Waals surface area contributed by atoms with Crippen LogP contribution in [-0.4, -0.2) is 24.7 Å². The second-order valence-electron chi connectivity index (χ2n) is 5.80. The zero-order valence-electron chi connectivity index (χ0n) is 15.2. The van der Waals surface area contributed by atoms with Crippen LogP contribution in [0.25, 0.3) is 0 Å². The normalized spacial score (nSPS) is 10.6. The minimum absolute atomic E-state index is 0.111. The van der Waals surface area contributed by atoms with Gasteiger partial charge in [-0.05, 0) is 54.1 Å². The van der Waals surface area contributed by atoms with E-state index in [1.165, 1.54) is 12.3 Å². The highest BCUT2D eigenvalue weighted by Gasteiger charge is 2.10. The van der Waals surface area contributed by atoms with E-state index >= 15 is 0 Å². The van der Waals surface area contributed by atoms with Crippen LogP contribution in [0.15, 0.2) is 76.2 Å². The summed E-state index contributed by atoms with van der Waals surface area (Å²) in [5, 5.41) is 14.2. The summed E-state index contributed by atoms with van der Waals surface area (Å²) in [6, 6.07) is 19.0. The van der Waals surface area contributed by atoms with E-state index in [9.17, 15) is 14.7 Å². The van der Waals surface area contributed by atoms with Gasteiger partial charge in [-0.3, -0.25) is 4.79 Å². The highest BCUT2D eigenvalue weighted by Crippen LogP contribution is 2.14. The van der Waals surface area contributed by atoms with Gasteiger partial charge in [0.05, 0.1) is 12.2 Å². The van der Waals surface area contributed by atoms with Gasteiger partial charge in [-0.25, -0.2) is 5.43 Å². The number of amides is 1. The number of carbonyl (C=O) groups is 2. The van der Waals surface area contributed by atoms with Crippen LogP contribution in [0.3, 0.4) is 0 Å². The molecule has 29 heavy (non-hydrogen) atoms. The summed E-state index contributed by atoms with van der Waals surface area (Å²) in [6.07, 6.45) is 1.43. The second kappa shape index (κ2) is 9.75. The molecule has 0 aliphatic heterocycles. The van der Waals surface area contributed by atoms with E-state index in [1.807, 2.05) is 30.3 Å². The zero-order valence-corrected chi connectivity index (χ0v) is 15.2. The van der Waals surface area contributed by atoms with E-state index < -0.39 is 18.5 Å². The summed E-state index contributed by atoms with van der Waals surface area (Å²) in [5.41, 5.74) is 3.05. The number of ether oxygens (including phenoxy) is 2. The number of hydrazone groups is 1. The highest BCUT2D eigenvalue weighted by atomic mass is 16.5. The van der Waals surface area contributed by atoms with Crippen LogP contribution in [0.5, 0.6) is 11.5 Å². The number of rotatable bonds is 9.